The minimum Gasteiger partial charge on any atom is -0.477 e. The average molecular weight is 1410 g/mol. The van der Waals surface area contributed by atoms with Gasteiger partial charge in [0.15, 0.2) is 31.5 Å². The van der Waals surface area contributed by atoms with E-state index in [9.17, 15) is 136 Å². The first-order chi connectivity index (χ1) is 45.2. The maximum absolute atomic E-state index is 13.1. The minimum atomic E-state index is -3.24. The predicted octanol–water partition coefficient (Wildman–Crippen LogP) is -16.9. The van der Waals surface area contributed by atoms with E-state index in [1.807, 2.05) is 0 Å². The number of carboxylic acids is 1. The SMILES string of the molecule is CC(=O)N[C@H]1[C@H](O[C@H]2[C@@H](O)[C@@H](CO)O[C@@H](O[C@@H]([C@@H](O)[C@H](O)CO)[C@H](CO)NC(C)=O)[C@@H]2O)O[C@H](CO)[C@@H](O[C@@H]2O[C@H](CO)[C@H](O)[C@H](O[C@@H]3O[C@H](CO)[C@@H](O[C@@H]4O[C@H](CO)[C@H](O)[C@H](O[C@]5(C(=O)O)C[C@H](O)[C@@H](NC(C)=O)[C@H]([C@H](O)[C@H](O)CO)O5)[C@H]4O)[C@H](O)[C@H]3NC(C)=O)[C@H]2O)[C@@H]1O. The maximum atomic E-state index is 13.1. The standard InChI is InChI=1S/C53H90N4O39/c1-14(66)54-18(6-58)40(30(73)20(71)7-59)90-49-37(80)44(32(75)22(9-61)85-49)93-47-28(56-16(3)68)35(78)41(25(12-64)88-47)91-50-38(81)45(33(76)23(10-62)86-50)94-48-29(57-17(4)69)36(79)42(26(13-65)89-48)92-51-39(82)46(34(77)24(11-63)87-51)96-53(52(83)84)5-19(70)27(55-15(2)67)43(95-53)31(74)21(72)8-60/h18-51,58-65,70-82H,5-13H2,1-4H3,(H,54,66)(H,55,67)(H,56,68)(H,57,69)(H,83,84)/t18-,19-,20+,21+,22+,23+,24+,25+,26+,27+,28+,29+,30-,31+,32-,33-,34-,35+,36+,37+,38+,39+,40+,41+,42+,43+,44-,45-,46-,47-,48-,49-,50-,51-,53-/m0/s1. The molecular formula is C53H90N4O39. The van der Waals surface area contributed by atoms with E-state index in [-0.39, 0.29) is 0 Å². The normalized spacial score (nSPS) is 42.6. The number of hydrogen-bond donors (Lipinski definition) is 26. The first kappa shape index (κ1) is 81.0. The smallest absolute Gasteiger partial charge is 0.364 e. The third kappa shape index (κ3) is 18.4. The van der Waals surface area contributed by atoms with E-state index in [1.165, 1.54) is 0 Å². The third-order valence-corrected chi connectivity index (χ3v) is 16.8. The molecule has 6 aliphatic heterocycles. The molecule has 556 valence electrons. The van der Waals surface area contributed by atoms with E-state index in [1.54, 1.807) is 0 Å². The lowest BCUT2D eigenvalue weighted by molar-refractivity contribution is -0.391. The van der Waals surface area contributed by atoms with E-state index >= 15 is 0 Å². The van der Waals surface area contributed by atoms with Gasteiger partial charge in [-0.05, 0) is 0 Å². The topological polar surface area (TPSA) is 689 Å². The van der Waals surface area contributed by atoms with Crippen LogP contribution in [-0.4, -0.2) is 409 Å². The van der Waals surface area contributed by atoms with Gasteiger partial charge in [-0.1, -0.05) is 0 Å². The van der Waals surface area contributed by atoms with Crippen molar-refractivity contribution in [2.75, 3.05) is 52.9 Å². The second kappa shape index (κ2) is 35.6. The Morgan fingerprint density at radius 1 is 0.448 bits per heavy atom. The highest BCUT2D eigenvalue weighted by Crippen LogP contribution is 2.40. The summed E-state index contributed by atoms with van der Waals surface area (Å²) in [6, 6.07) is -7.15. The van der Waals surface area contributed by atoms with Crippen LogP contribution in [0.15, 0.2) is 0 Å². The molecule has 96 heavy (non-hydrogen) atoms. The first-order valence-electron chi connectivity index (χ1n) is 30.2. The van der Waals surface area contributed by atoms with Crippen molar-refractivity contribution in [2.24, 2.45) is 0 Å². The van der Waals surface area contributed by atoms with Crippen molar-refractivity contribution in [2.45, 2.75) is 248 Å². The van der Waals surface area contributed by atoms with Gasteiger partial charge in [-0.25, -0.2) is 4.79 Å². The Morgan fingerprint density at radius 2 is 0.823 bits per heavy atom. The summed E-state index contributed by atoms with van der Waals surface area (Å²) in [6.45, 7) is -5.10. The van der Waals surface area contributed by atoms with Crippen LogP contribution in [0.2, 0.25) is 0 Å². The maximum Gasteiger partial charge on any atom is 0.364 e. The monoisotopic (exact) mass is 1410 g/mol. The fourth-order valence-electron chi connectivity index (χ4n) is 11.9. The highest BCUT2D eigenvalue weighted by atomic mass is 16.8. The average Bonchev–Trinajstić information content (AvgIpc) is 0.766. The number of carbonyl (C=O) groups is 5. The van der Waals surface area contributed by atoms with Gasteiger partial charge in [0, 0.05) is 34.1 Å². The second-order valence-corrected chi connectivity index (χ2v) is 23.7. The zero-order valence-electron chi connectivity index (χ0n) is 51.8. The molecule has 0 spiro atoms. The van der Waals surface area contributed by atoms with Crippen LogP contribution < -0.4 is 21.3 Å². The molecule has 6 fully saturated rings. The summed E-state index contributed by atoms with van der Waals surface area (Å²) < 4.78 is 69.5. The molecule has 0 saturated carbocycles. The van der Waals surface area contributed by atoms with Crippen LogP contribution in [0.3, 0.4) is 0 Å². The van der Waals surface area contributed by atoms with Crippen molar-refractivity contribution in [1.82, 2.24) is 21.3 Å². The Hall–Kier alpha value is -3.97. The number of aliphatic hydroxyl groups is 21. The molecule has 0 bridgehead atoms. The third-order valence-electron chi connectivity index (χ3n) is 16.8. The molecule has 0 aromatic heterocycles. The number of aliphatic carboxylic acids is 1. The molecule has 0 aromatic rings. The van der Waals surface area contributed by atoms with Crippen LogP contribution >= 0.6 is 0 Å². The highest BCUT2D eigenvalue weighted by Gasteiger charge is 2.62. The lowest BCUT2D eigenvalue weighted by Gasteiger charge is -2.51. The highest BCUT2D eigenvalue weighted by molar-refractivity contribution is 5.77. The molecule has 6 rings (SSSR count). The fourth-order valence-corrected chi connectivity index (χ4v) is 11.9. The van der Waals surface area contributed by atoms with Crippen molar-refractivity contribution in [3.8, 4) is 0 Å². The van der Waals surface area contributed by atoms with Crippen LogP contribution in [0.1, 0.15) is 34.1 Å². The van der Waals surface area contributed by atoms with Crippen LogP contribution in [0.4, 0.5) is 0 Å². The van der Waals surface area contributed by atoms with Gasteiger partial charge in [-0.15, -0.1) is 0 Å². The second-order valence-electron chi connectivity index (χ2n) is 23.7. The van der Waals surface area contributed by atoms with Gasteiger partial charge < -0.3 is 190 Å². The number of nitrogens with one attached hydrogen (secondary N) is 4. The van der Waals surface area contributed by atoms with E-state index in [0.29, 0.717) is 0 Å². The number of carbonyl (C=O) groups excluding carboxylic acids is 4. The van der Waals surface area contributed by atoms with E-state index in [0.717, 1.165) is 27.7 Å². The number of rotatable bonds is 30. The zero-order valence-corrected chi connectivity index (χ0v) is 51.8. The number of aliphatic hydroxyl groups excluding tert-OH is 21. The van der Waals surface area contributed by atoms with E-state index in [2.05, 4.69) is 21.3 Å². The molecule has 0 aliphatic carbocycles. The molecule has 0 unspecified atom stereocenters. The quantitative estimate of drug-likeness (QED) is 0.0318. The van der Waals surface area contributed by atoms with E-state index < -0.39 is 303 Å². The summed E-state index contributed by atoms with van der Waals surface area (Å²) >= 11 is 0. The Labute approximate surface area is 544 Å². The van der Waals surface area contributed by atoms with Crippen LogP contribution in [0, 0.1) is 0 Å². The van der Waals surface area contributed by atoms with Crippen LogP contribution in [0.25, 0.3) is 0 Å². The summed E-state index contributed by atoms with van der Waals surface area (Å²) in [5, 5.41) is 249. The number of hydrogen-bond acceptors (Lipinski definition) is 38. The summed E-state index contributed by atoms with van der Waals surface area (Å²) in [7, 11) is 0. The summed E-state index contributed by atoms with van der Waals surface area (Å²) in [4.78, 5) is 62.8. The van der Waals surface area contributed by atoms with Gasteiger partial charge in [0.25, 0.3) is 5.79 Å². The zero-order chi connectivity index (χ0) is 71.7. The summed E-state index contributed by atoms with van der Waals surface area (Å²) in [5.74, 6) is -8.88. The lowest BCUT2D eigenvalue weighted by atomic mass is 9.88. The van der Waals surface area contributed by atoms with Crippen LogP contribution in [0.5, 0.6) is 0 Å². The largest absolute Gasteiger partial charge is 0.477 e. The molecule has 6 heterocycles. The first-order valence-corrected chi connectivity index (χ1v) is 30.2. The Bertz CT molecular complexity index is 2490. The predicted molar refractivity (Wildman–Crippen MR) is 298 cm³/mol. The molecule has 43 heteroatoms. The van der Waals surface area contributed by atoms with Gasteiger partial charge in [-0.3, -0.25) is 19.2 Å². The van der Waals surface area contributed by atoms with Crippen molar-refractivity contribution >= 4 is 29.6 Å². The number of carboxylic acid groups (broad SMARTS) is 1. The van der Waals surface area contributed by atoms with Gasteiger partial charge in [0.05, 0.1) is 71.0 Å². The van der Waals surface area contributed by atoms with Crippen LogP contribution in [-0.2, 0) is 80.8 Å². The summed E-state index contributed by atoms with van der Waals surface area (Å²) in [6.07, 6.45) is -64.6. The van der Waals surface area contributed by atoms with Crippen molar-refractivity contribution < 1.29 is 193 Å². The Morgan fingerprint density at radius 3 is 1.21 bits per heavy atom. The molecule has 43 nitrogen and oxygen atoms in total. The van der Waals surface area contributed by atoms with Crippen molar-refractivity contribution in [3.63, 3.8) is 0 Å². The molecule has 4 amide bonds. The molecule has 35 atom stereocenters. The van der Waals surface area contributed by atoms with Gasteiger partial charge in [0.1, 0.15) is 159 Å². The van der Waals surface area contributed by atoms with Gasteiger partial charge in [-0.2, -0.15) is 0 Å². The Kier molecular flexibility index (Phi) is 30.0. The molecule has 6 aliphatic rings. The number of amides is 4. The summed E-state index contributed by atoms with van der Waals surface area (Å²) in [5.41, 5.74) is 0. The van der Waals surface area contributed by atoms with Gasteiger partial charge >= 0.3 is 5.97 Å². The van der Waals surface area contributed by atoms with Gasteiger partial charge in [0.2, 0.25) is 23.6 Å². The molecular weight excluding hydrogens is 1320 g/mol. The number of ether oxygens (including phenoxy) is 12. The molecule has 0 radical (unpaired) electrons. The molecule has 6 saturated heterocycles. The molecule has 26 N–H and O–H groups in total. The van der Waals surface area contributed by atoms with Crippen molar-refractivity contribution in [1.29, 1.82) is 0 Å². The lowest BCUT2D eigenvalue weighted by Crippen LogP contribution is -2.71. The molecule has 0 aromatic carbocycles. The minimum absolute atomic E-state index is 0.794. The van der Waals surface area contributed by atoms with Crippen molar-refractivity contribution in [3.05, 3.63) is 0 Å². The van der Waals surface area contributed by atoms with E-state index in [4.69, 9.17) is 56.8 Å². The Balaban J connectivity index is 1.24. The fraction of sp³-hybridized carbons (Fsp3) is 0.906.